The van der Waals surface area contributed by atoms with Gasteiger partial charge in [0.05, 0.1) is 0 Å². The summed E-state index contributed by atoms with van der Waals surface area (Å²) in [6, 6.07) is 1.06. The van der Waals surface area contributed by atoms with E-state index in [1.807, 2.05) is 0 Å². The first-order chi connectivity index (χ1) is 10.6. The van der Waals surface area contributed by atoms with Crippen molar-refractivity contribution in [2.75, 3.05) is 0 Å². The number of hydrogen-bond acceptors (Lipinski definition) is 4. The Labute approximate surface area is 157 Å². The molecule has 0 saturated carbocycles. The van der Waals surface area contributed by atoms with Crippen molar-refractivity contribution in [1.82, 2.24) is 0 Å². The summed E-state index contributed by atoms with van der Waals surface area (Å²) in [5.41, 5.74) is 0. The molecule has 0 unspecified atom stereocenters. The molecule has 24 heavy (non-hydrogen) atoms. The minimum atomic E-state index is -2.14. The summed E-state index contributed by atoms with van der Waals surface area (Å²) in [6.07, 6.45) is 3.64. The van der Waals surface area contributed by atoms with Gasteiger partial charge in [0.1, 0.15) is 0 Å². The molecule has 0 aromatic carbocycles. The van der Waals surface area contributed by atoms with E-state index in [-0.39, 0.29) is 0 Å². The molecule has 0 aliphatic heterocycles. The Morgan fingerprint density at radius 1 is 0.625 bits per heavy atom. The Kier molecular flexibility index (Phi) is 10.1. The van der Waals surface area contributed by atoms with Crippen molar-refractivity contribution in [3.05, 3.63) is 0 Å². The third-order valence-electron chi connectivity index (χ3n) is 2.98. The Balaban J connectivity index is 4.97. The van der Waals surface area contributed by atoms with E-state index in [1.165, 1.54) is 19.3 Å². The second kappa shape index (κ2) is 9.74. The maximum atomic E-state index is 6.55. The van der Waals surface area contributed by atoms with Gasteiger partial charge in [-0.3, -0.25) is 0 Å². The molecule has 4 nitrogen and oxygen atoms in total. The summed E-state index contributed by atoms with van der Waals surface area (Å²) in [6.45, 7) is 24.3. The fourth-order valence-corrected chi connectivity index (χ4v) is 23.2. The minimum absolute atomic E-state index is 1.06. The maximum Gasteiger partial charge on any atom is 0.312 e. The third kappa shape index (κ3) is 14.1. The fraction of sp³-hybridized carbons (Fsp3) is 1.00. The molecule has 0 aromatic rings. The lowest BCUT2D eigenvalue weighted by atomic mass is 10.3. The summed E-state index contributed by atoms with van der Waals surface area (Å²) in [7, 11) is -9.27. The number of rotatable bonds is 12. The zero-order chi connectivity index (χ0) is 19.2. The molecule has 0 bridgehead atoms. The second-order valence-corrected chi connectivity index (χ2v) is 28.4. The van der Waals surface area contributed by atoms with Crippen LogP contribution >= 0.6 is 0 Å². The summed E-state index contributed by atoms with van der Waals surface area (Å²) >= 11 is 0. The highest BCUT2D eigenvalue weighted by Gasteiger charge is 2.39. The molecule has 0 aromatic heterocycles. The zero-order valence-corrected chi connectivity index (χ0v) is 23.2. The van der Waals surface area contributed by atoms with Gasteiger partial charge in [0.15, 0.2) is 16.6 Å². The average molecular weight is 427 g/mol. The van der Waals surface area contributed by atoms with Gasteiger partial charge in [-0.1, -0.05) is 26.2 Å². The largest absolute Gasteiger partial charge is 0.437 e. The van der Waals surface area contributed by atoms with Crippen LogP contribution in [0, 0.1) is 0 Å². The van der Waals surface area contributed by atoms with Crippen LogP contribution in [-0.4, -0.2) is 43.0 Å². The predicted octanol–water partition coefficient (Wildman–Crippen LogP) is 5.54. The van der Waals surface area contributed by atoms with Gasteiger partial charge in [-0.2, -0.15) is 0 Å². The van der Waals surface area contributed by atoms with Crippen molar-refractivity contribution >= 4 is 43.0 Å². The van der Waals surface area contributed by atoms with Crippen LogP contribution in [0.25, 0.3) is 0 Å². The number of hydrogen-bond donors (Lipinski definition) is 0. The van der Waals surface area contributed by atoms with Crippen LogP contribution in [0.3, 0.4) is 0 Å². The Morgan fingerprint density at radius 2 is 1.00 bits per heavy atom. The van der Waals surface area contributed by atoms with E-state index in [2.05, 4.69) is 72.4 Å². The molecule has 0 aliphatic carbocycles. The van der Waals surface area contributed by atoms with Crippen LogP contribution in [0.5, 0.6) is 0 Å². The monoisotopic (exact) mass is 426 g/mol. The lowest BCUT2D eigenvalue weighted by Gasteiger charge is -2.38. The second-order valence-electron chi connectivity index (χ2n) is 9.39. The van der Waals surface area contributed by atoms with Crippen LogP contribution in [0.4, 0.5) is 0 Å². The highest BCUT2D eigenvalue weighted by molar-refractivity contribution is 6.86. The molecule has 146 valence electrons. The summed E-state index contributed by atoms with van der Waals surface area (Å²) in [5.74, 6) is 0. The summed E-state index contributed by atoms with van der Waals surface area (Å²) in [5, 5.41) is 0. The highest BCUT2D eigenvalue weighted by Crippen LogP contribution is 2.23. The summed E-state index contributed by atoms with van der Waals surface area (Å²) in [4.78, 5) is 0. The van der Waals surface area contributed by atoms with Crippen LogP contribution in [0.2, 0.25) is 71.5 Å². The van der Waals surface area contributed by atoms with Gasteiger partial charge in [-0.05, 0) is 71.5 Å². The van der Waals surface area contributed by atoms with E-state index in [0.29, 0.717) is 0 Å². The van der Waals surface area contributed by atoms with E-state index < -0.39 is 43.0 Å². The first kappa shape index (κ1) is 24.9. The summed E-state index contributed by atoms with van der Waals surface area (Å²) < 4.78 is 25.8. The molecule has 0 N–H and O–H groups in total. The molecule has 0 saturated heterocycles. The first-order valence-electron chi connectivity index (χ1n) is 9.31. The van der Waals surface area contributed by atoms with Crippen LogP contribution in [-0.2, 0) is 16.5 Å². The SMILES string of the molecule is CCCCC[SiH](O[Si](C)(C)O[Si](C)(C)C)O[Si](C)(C)O[Si](C)(C)C. The number of unbranched alkanes of at least 4 members (excludes halogenated alkanes) is 2. The van der Waals surface area contributed by atoms with E-state index in [9.17, 15) is 0 Å². The van der Waals surface area contributed by atoms with Crippen molar-refractivity contribution in [3.8, 4) is 0 Å². The van der Waals surface area contributed by atoms with Gasteiger partial charge in [-0.15, -0.1) is 0 Å². The Morgan fingerprint density at radius 3 is 1.29 bits per heavy atom. The van der Waals surface area contributed by atoms with E-state index in [1.54, 1.807) is 0 Å². The van der Waals surface area contributed by atoms with Gasteiger partial charge in [0, 0.05) is 0 Å². The van der Waals surface area contributed by atoms with Gasteiger partial charge >= 0.3 is 26.4 Å². The zero-order valence-electron chi connectivity index (χ0n) is 18.0. The molecule has 9 heteroatoms. The molecule has 0 amide bonds. The molecule has 0 fully saturated rings. The smallest absolute Gasteiger partial charge is 0.312 e. The molecule has 0 heterocycles. The topological polar surface area (TPSA) is 36.9 Å². The lowest BCUT2D eigenvalue weighted by Crippen LogP contribution is -2.53. The van der Waals surface area contributed by atoms with Crippen LogP contribution < -0.4 is 0 Å². The molecule has 0 radical (unpaired) electrons. The van der Waals surface area contributed by atoms with Crippen molar-refractivity contribution in [3.63, 3.8) is 0 Å². The maximum absolute atomic E-state index is 6.55. The third-order valence-corrected chi connectivity index (χ3v) is 19.3. The van der Waals surface area contributed by atoms with Gasteiger partial charge in [0.25, 0.3) is 0 Å². The van der Waals surface area contributed by atoms with Gasteiger partial charge in [0.2, 0.25) is 0 Å². The van der Waals surface area contributed by atoms with Crippen molar-refractivity contribution in [1.29, 1.82) is 0 Å². The van der Waals surface area contributed by atoms with Crippen LogP contribution in [0.15, 0.2) is 0 Å². The quantitative estimate of drug-likeness (QED) is 0.303. The lowest BCUT2D eigenvalue weighted by molar-refractivity contribution is 0.313. The standard InChI is InChI=1S/C15H42O4Si5/c1-12-13-14-15-20(16-23(8,9)18-21(2,3)4)17-24(10,11)19-22(5,6)7/h20H,12-15H2,1-11H3. The van der Waals surface area contributed by atoms with Crippen molar-refractivity contribution < 1.29 is 16.5 Å². The average Bonchev–Trinajstić information content (AvgIpc) is 2.20. The molecule has 0 rings (SSSR count). The van der Waals surface area contributed by atoms with Gasteiger partial charge < -0.3 is 16.5 Å². The molecular formula is C15H42O4Si5. The van der Waals surface area contributed by atoms with E-state index >= 15 is 0 Å². The van der Waals surface area contributed by atoms with Gasteiger partial charge in [-0.25, -0.2) is 0 Å². The van der Waals surface area contributed by atoms with Crippen molar-refractivity contribution in [2.24, 2.45) is 0 Å². The van der Waals surface area contributed by atoms with E-state index in [4.69, 9.17) is 16.5 Å². The van der Waals surface area contributed by atoms with Crippen LogP contribution in [0.1, 0.15) is 26.2 Å². The fourth-order valence-electron chi connectivity index (χ4n) is 2.86. The molecular weight excluding hydrogens is 385 g/mol. The Hall–Kier alpha value is 0.924. The van der Waals surface area contributed by atoms with E-state index in [0.717, 1.165) is 6.04 Å². The predicted molar refractivity (Wildman–Crippen MR) is 117 cm³/mol. The minimum Gasteiger partial charge on any atom is -0.437 e. The van der Waals surface area contributed by atoms with Crippen molar-refractivity contribution in [2.45, 2.75) is 97.7 Å². The molecule has 0 spiro atoms. The normalized spacial score (nSPS) is 14.5. The first-order valence-corrected chi connectivity index (χ1v) is 23.5. The molecule has 0 aliphatic rings. The Bertz CT molecular complexity index is 334. The molecule has 0 atom stereocenters. The highest BCUT2D eigenvalue weighted by atomic mass is 28.5.